The Kier molecular flexibility index (Phi) is 3.39. The quantitative estimate of drug-likeness (QED) is 0.611. The summed E-state index contributed by atoms with van der Waals surface area (Å²) in [5.74, 6) is 0.269. The van der Waals surface area contributed by atoms with E-state index >= 15 is 0 Å². The molecule has 18 heavy (non-hydrogen) atoms. The van der Waals surface area contributed by atoms with Crippen molar-refractivity contribution < 1.29 is 4.92 Å². The molecule has 0 aromatic carbocycles. The summed E-state index contributed by atoms with van der Waals surface area (Å²) >= 11 is 0. The molecule has 1 aliphatic rings. The highest BCUT2D eigenvalue weighted by Crippen LogP contribution is 2.30. The molecule has 7 heteroatoms. The highest BCUT2D eigenvalue weighted by atomic mass is 16.6. The number of nitriles is 1. The van der Waals surface area contributed by atoms with Crippen LogP contribution < -0.4 is 10.6 Å². The molecule has 1 aliphatic heterocycles. The molecular formula is C11H13N5O2. The van der Waals surface area contributed by atoms with Gasteiger partial charge in [0.15, 0.2) is 0 Å². The Morgan fingerprint density at radius 3 is 2.78 bits per heavy atom. The third kappa shape index (κ3) is 2.24. The van der Waals surface area contributed by atoms with Crippen LogP contribution in [0.5, 0.6) is 0 Å². The van der Waals surface area contributed by atoms with Crippen molar-refractivity contribution in [3.63, 3.8) is 0 Å². The van der Waals surface area contributed by atoms with E-state index in [9.17, 15) is 10.1 Å². The molecule has 0 spiro atoms. The van der Waals surface area contributed by atoms with Gasteiger partial charge in [0.05, 0.1) is 4.92 Å². The lowest BCUT2D eigenvalue weighted by Crippen LogP contribution is -2.40. The Morgan fingerprint density at radius 2 is 2.22 bits per heavy atom. The van der Waals surface area contributed by atoms with Crippen molar-refractivity contribution in [2.45, 2.75) is 18.9 Å². The number of piperidine rings is 1. The smallest absolute Gasteiger partial charge is 0.329 e. The molecule has 7 nitrogen and oxygen atoms in total. The average molecular weight is 247 g/mol. The molecular weight excluding hydrogens is 234 g/mol. The van der Waals surface area contributed by atoms with Crippen LogP contribution in [0.15, 0.2) is 12.3 Å². The van der Waals surface area contributed by atoms with E-state index in [1.54, 1.807) is 0 Å². The van der Waals surface area contributed by atoms with Gasteiger partial charge in [-0.25, -0.2) is 4.98 Å². The second-order valence-corrected chi connectivity index (χ2v) is 4.22. The summed E-state index contributed by atoms with van der Waals surface area (Å²) in [5, 5.41) is 20.0. The van der Waals surface area contributed by atoms with Crippen LogP contribution in [0, 0.1) is 21.4 Å². The van der Waals surface area contributed by atoms with Gasteiger partial charge in [-0.05, 0) is 18.9 Å². The van der Waals surface area contributed by atoms with E-state index in [-0.39, 0.29) is 23.1 Å². The van der Waals surface area contributed by atoms with Gasteiger partial charge in [-0.1, -0.05) is 0 Å². The summed E-state index contributed by atoms with van der Waals surface area (Å²) in [6.07, 6.45) is 2.97. The van der Waals surface area contributed by atoms with Crippen LogP contribution in [-0.4, -0.2) is 29.0 Å². The van der Waals surface area contributed by atoms with Crippen molar-refractivity contribution >= 4 is 11.5 Å². The molecule has 1 fully saturated rings. The molecule has 0 aliphatic carbocycles. The highest BCUT2D eigenvalue weighted by Gasteiger charge is 2.27. The van der Waals surface area contributed by atoms with E-state index in [1.165, 1.54) is 12.3 Å². The van der Waals surface area contributed by atoms with Gasteiger partial charge in [-0.2, -0.15) is 5.26 Å². The van der Waals surface area contributed by atoms with Crippen LogP contribution in [0.25, 0.3) is 0 Å². The van der Waals surface area contributed by atoms with Crippen molar-refractivity contribution in [2.75, 3.05) is 18.0 Å². The minimum absolute atomic E-state index is 0.0415. The minimum atomic E-state index is -0.546. The monoisotopic (exact) mass is 247 g/mol. The van der Waals surface area contributed by atoms with Gasteiger partial charge in [0, 0.05) is 25.3 Å². The molecule has 1 aromatic rings. The van der Waals surface area contributed by atoms with Crippen LogP contribution in [-0.2, 0) is 0 Å². The van der Waals surface area contributed by atoms with E-state index in [0.29, 0.717) is 13.1 Å². The number of hydrogen-bond donors (Lipinski definition) is 1. The van der Waals surface area contributed by atoms with Crippen molar-refractivity contribution in [1.29, 1.82) is 5.26 Å². The molecule has 0 amide bonds. The normalized spacial score (nSPS) is 16.3. The lowest BCUT2D eigenvalue weighted by Gasteiger charge is -2.30. The van der Waals surface area contributed by atoms with Crippen molar-refractivity contribution in [3.05, 3.63) is 27.9 Å². The fourth-order valence-electron chi connectivity index (χ4n) is 2.06. The summed E-state index contributed by atoms with van der Waals surface area (Å²) < 4.78 is 0. The van der Waals surface area contributed by atoms with Crippen LogP contribution in [0.1, 0.15) is 18.4 Å². The molecule has 2 rings (SSSR count). The SMILES string of the molecule is N#Cc1ccnc(N2CCC(N)CC2)c1[N+](=O)[O-]. The molecule has 1 saturated heterocycles. The Balaban J connectivity index is 2.39. The molecule has 94 valence electrons. The first-order chi connectivity index (χ1) is 8.63. The minimum Gasteiger partial charge on any atom is -0.351 e. The van der Waals surface area contributed by atoms with Crippen LogP contribution >= 0.6 is 0 Å². The predicted molar refractivity (Wildman–Crippen MR) is 65.0 cm³/mol. The zero-order chi connectivity index (χ0) is 13.1. The first-order valence-corrected chi connectivity index (χ1v) is 5.67. The maximum atomic E-state index is 11.1. The third-order valence-corrected chi connectivity index (χ3v) is 3.05. The molecule has 2 N–H and O–H groups in total. The van der Waals surface area contributed by atoms with Gasteiger partial charge >= 0.3 is 5.69 Å². The average Bonchev–Trinajstić information content (AvgIpc) is 2.38. The number of nitrogens with zero attached hydrogens (tertiary/aromatic N) is 4. The van der Waals surface area contributed by atoms with Crippen LogP contribution in [0.2, 0.25) is 0 Å². The lowest BCUT2D eigenvalue weighted by atomic mass is 10.1. The van der Waals surface area contributed by atoms with Gasteiger partial charge in [-0.15, -0.1) is 0 Å². The number of hydrogen-bond acceptors (Lipinski definition) is 6. The maximum Gasteiger partial charge on any atom is 0.329 e. The summed E-state index contributed by atoms with van der Waals surface area (Å²) in [7, 11) is 0. The zero-order valence-corrected chi connectivity index (χ0v) is 9.74. The fourth-order valence-corrected chi connectivity index (χ4v) is 2.06. The van der Waals surface area contributed by atoms with E-state index in [2.05, 4.69) is 4.98 Å². The van der Waals surface area contributed by atoms with E-state index < -0.39 is 4.92 Å². The van der Waals surface area contributed by atoms with Crippen molar-refractivity contribution in [1.82, 2.24) is 4.98 Å². The number of nitrogens with two attached hydrogens (primary N) is 1. The number of nitro groups is 1. The second kappa shape index (κ2) is 4.98. The molecule has 0 unspecified atom stereocenters. The topological polar surface area (TPSA) is 109 Å². The summed E-state index contributed by atoms with van der Waals surface area (Å²) in [6, 6.07) is 3.33. The van der Waals surface area contributed by atoms with Gasteiger partial charge < -0.3 is 10.6 Å². The number of anilines is 1. The van der Waals surface area contributed by atoms with Crippen molar-refractivity contribution in [2.24, 2.45) is 5.73 Å². The molecule has 2 heterocycles. The predicted octanol–water partition coefficient (Wildman–Crippen LogP) is 0.789. The van der Waals surface area contributed by atoms with E-state index in [1.807, 2.05) is 11.0 Å². The Morgan fingerprint density at radius 1 is 1.56 bits per heavy atom. The molecule has 0 bridgehead atoms. The Labute approximate surface area is 104 Å². The van der Waals surface area contributed by atoms with Gasteiger partial charge in [0.1, 0.15) is 11.6 Å². The summed E-state index contributed by atoms with van der Waals surface area (Å²) in [4.78, 5) is 16.4. The van der Waals surface area contributed by atoms with Crippen molar-refractivity contribution in [3.8, 4) is 6.07 Å². The second-order valence-electron chi connectivity index (χ2n) is 4.22. The zero-order valence-electron chi connectivity index (χ0n) is 9.74. The molecule has 0 saturated carbocycles. The van der Waals surface area contributed by atoms with Gasteiger partial charge in [0.25, 0.3) is 0 Å². The highest BCUT2D eigenvalue weighted by molar-refractivity contribution is 5.65. The summed E-state index contributed by atoms with van der Waals surface area (Å²) in [6.45, 7) is 1.26. The molecule has 1 aromatic heterocycles. The molecule has 0 atom stereocenters. The van der Waals surface area contributed by atoms with E-state index in [0.717, 1.165) is 12.8 Å². The number of aromatic nitrogens is 1. The van der Waals surface area contributed by atoms with Crippen LogP contribution in [0.4, 0.5) is 11.5 Å². The van der Waals surface area contributed by atoms with Crippen LogP contribution in [0.3, 0.4) is 0 Å². The maximum absolute atomic E-state index is 11.1. The third-order valence-electron chi connectivity index (χ3n) is 3.05. The van der Waals surface area contributed by atoms with E-state index in [4.69, 9.17) is 11.0 Å². The Bertz CT molecular complexity index is 503. The number of pyridine rings is 1. The molecule has 0 radical (unpaired) electrons. The largest absolute Gasteiger partial charge is 0.351 e. The van der Waals surface area contributed by atoms with Gasteiger partial charge in [0.2, 0.25) is 5.82 Å². The standard InChI is InChI=1S/C11H13N5O2/c12-7-8-1-4-14-11(10(8)16(17)18)15-5-2-9(13)3-6-15/h1,4,9H,2-3,5-6,13H2. The summed E-state index contributed by atoms with van der Waals surface area (Å²) in [5.41, 5.74) is 5.62. The first-order valence-electron chi connectivity index (χ1n) is 5.67. The fraction of sp³-hybridized carbons (Fsp3) is 0.455. The number of rotatable bonds is 2. The first kappa shape index (κ1) is 12.3. The van der Waals surface area contributed by atoms with Gasteiger partial charge in [-0.3, -0.25) is 10.1 Å². The Hall–Kier alpha value is -2.20. The lowest BCUT2D eigenvalue weighted by molar-refractivity contribution is -0.384.